The monoisotopic (exact) mass is 293 g/mol. The molecular weight excluding hydrogens is 274 g/mol. The Hall–Kier alpha value is -2.08. The van der Waals surface area contributed by atoms with Gasteiger partial charge in [-0.25, -0.2) is 4.79 Å². The average molecular weight is 293 g/mol. The van der Waals surface area contributed by atoms with Crippen LogP contribution in [0, 0.1) is 0 Å². The van der Waals surface area contributed by atoms with E-state index in [4.69, 9.17) is 9.47 Å². The zero-order valence-corrected chi connectivity index (χ0v) is 12.3. The van der Waals surface area contributed by atoms with E-state index in [1.165, 1.54) is 14.2 Å². The molecule has 0 spiro atoms. The summed E-state index contributed by atoms with van der Waals surface area (Å²) in [6, 6.07) is 5.06. The topological polar surface area (TPSA) is 65.1 Å². The van der Waals surface area contributed by atoms with Crippen molar-refractivity contribution in [3.8, 4) is 5.75 Å². The van der Waals surface area contributed by atoms with Crippen molar-refractivity contribution in [3.05, 3.63) is 29.3 Å². The van der Waals surface area contributed by atoms with Gasteiger partial charge in [-0.05, 0) is 17.7 Å². The van der Waals surface area contributed by atoms with Crippen molar-refractivity contribution in [2.75, 3.05) is 40.5 Å². The number of methoxy groups -OCH3 is 2. The highest BCUT2D eigenvalue weighted by molar-refractivity contribution is 5.92. The van der Waals surface area contributed by atoms with E-state index >= 15 is 0 Å². The number of hydrogen-bond acceptors (Lipinski definition) is 5. The van der Waals surface area contributed by atoms with Gasteiger partial charge in [0.15, 0.2) is 0 Å². The van der Waals surface area contributed by atoms with Crippen LogP contribution in [0.5, 0.6) is 5.75 Å². The Kier molecular flexibility index (Phi) is 5.16. The molecule has 1 aromatic carbocycles. The normalized spacial score (nSPS) is 14.7. The number of carbonyl (C=O) groups excluding carboxylic acids is 2. The number of morpholine rings is 1. The second-order valence-electron chi connectivity index (χ2n) is 4.70. The van der Waals surface area contributed by atoms with Gasteiger partial charge in [-0.15, -0.1) is 0 Å². The summed E-state index contributed by atoms with van der Waals surface area (Å²) >= 11 is 0. The highest BCUT2D eigenvalue weighted by Crippen LogP contribution is 2.21. The van der Waals surface area contributed by atoms with Crippen molar-refractivity contribution in [1.82, 2.24) is 4.90 Å². The van der Waals surface area contributed by atoms with Gasteiger partial charge < -0.3 is 19.1 Å². The molecule has 1 aromatic rings. The van der Waals surface area contributed by atoms with Crippen molar-refractivity contribution in [2.24, 2.45) is 0 Å². The molecule has 6 nitrogen and oxygen atoms in total. The number of amides is 1. The third-order valence-electron chi connectivity index (χ3n) is 3.39. The Balaban J connectivity index is 2.09. The van der Waals surface area contributed by atoms with Crippen LogP contribution in [-0.2, 0) is 20.7 Å². The lowest BCUT2D eigenvalue weighted by Gasteiger charge is -2.27. The van der Waals surface area contributed by atoms with Gasteiger partial charge in [0.1, 0.15) is 11.3 Å². The van der Waals surface area contributed by atoms with Gasteiger partial charge in [0.05, 0.1) is 33.9 Å². The Morgan fingerprint density at radius 3 is 2.57 bits per heavy atom. The Morgan fingerprint density at radius 1 is 1.24 bits per heavy atom. The van der Waals surface area contributed by atoms with Crippen molar-refractivity contribution in [3.63, 3.8) is 0 Å². The summed E-state index contributed by atoms with van der Waals surface area (Å²) in [5, 5.41) is 0. The predicted octanol–water partition coefficient (Wildman–Crippen LogP) is 0.883. The van der Waals surface area contributed by atoms with E-state index < -0.39 is 5.97 Å². The van der Waals surface area contributed by atoms with Crippen molar-refractivity contribution >= 4 is 11.9 Å². The summed E-state index contributed by atoms with van der Waals surface area (Å²) in [5.41, 5.74) is 1.15. The second-order valence-corrected chi connectivity index (χ2v) is 4.70. The average Bonchev–Trinajstić information content (AvgIpc) is 2.54. The van der Waals surface area contributed by atoms with E-state index in [0.717, 1.165) is 5.56 Å². The van der Waals surface area contributed by atoms with Gasteiger partial charge in [0.25, 0.3) is 0 Å². The molecule has 1 saturated heterocycles. The molecule has 0 radical (unpaired) electrons. The van der Waals surface area contributed by atoms with Crippen molar-refractivity contribution < 1.29 is 23.8 Å². The van der Waals surface area contributed by atoms with E-state index in [9.17, 15) is 9.59 Å². The minimum atomic E-state index is -0.460. The Bertz CT molecular complexity index is 523. The van der Waals surface area contributed by atoms with Gasteiger partial charge in [-0.3, -0.25) is 4.79 Å². The summed E-state index contributed by atoms with van der Waals surface area (Å²) < 4.78 is 15.1. The SMILES string of the molecule is COC(=O)c1ccc(CC(=O)N2CCOCC2)cc1OC. The number of nitrogens with zero attached hydrogens (tertiary/aromatic N) is 1. The standard InChI is InChI=1S/C15H19NO5/c1-19-13-9-11(3-4-12(13)15(18)20-2)10-14(17)16-5-7-21-8-6-16/h3-4,9H,5-8,10H2,1-2H3. The minimum Gasteiger partial charge on any atom is -0.496 e. The lowest BCUT2D eigenvalue weighted by molar-refractivity contribution is -0.134. The molecule has 0 N–H and O–H groups in total. The van der Waals surface area contributed by atoms with Crippen molar-refractivity contribution in [2.45, 2.75) is 6.42 Å². The van der Waals surface area contributed by atoms with E-state index in [1.807, 2.05) is 0 Å². The molecule has 0 aromatic heterocycles. The molecule has 1 aliphatic heterocycles. The van der Waals surface area contributed by atoms with Gasteiger partial charge in [0.2, 0.25) is 5.91 Å². The molecule has 0 bridgehead atoms. The number of benzene rings is 1. The zero-order chi connectivity index (χ0) is 15.2. The minimum absolute atomic E-state index is 0.0474. The highest BCUT2D eigenvalue weighted by Gasteiger charge is 2.19. The van der Waals surface area contributed by atoms with Crippen LogP contribution in [0.1, 0.15) is 15.9 Å². The predicted molar refractivity (Wildman–Crippen MR) is 75.4 cm³/mol. The Labute approximate surface area is 123 Å². The maximum Gasteiger partial charge on any atom is 0.341 e. The first-order valence-corrected chi connectivity index (χ1v) is 6.76. The molecular formula is C15H19NO5. The lowest BCUT2D eigenvalue weighted by Crippen LogP contribution is -2.41. The van der Waals surface area contributed by atoms with Crippen LogP contribution in [0.15, 0.2) is 18.2 Å². The summed E-state index contributed by atoms with van der Waals surface area (Å²) in [6.45, 7) is 2.40. The summed E-state index contributed by atoms with van der Waals surface area (Å²) in [4.78, 5) is 25.5. The fourth-order valence-corrected chi connectivity index (χ4v) is 2.22. The quantitative estimate of drug-likeness (QED) is 0.771. The number of esters is 1. The molecule has 0 atom stereocenters. The largest absolute Gasteiger partial charge is 0.496 e. The summed E-state index contributed by atoms with van der Waals surface area (Å²) in [6.07, 6.45) is 0.276. The molecule has 114 valence electrons. The van der Waals surface area contributed by atoms with E-state index in [0.29, 0.717) is 37.6 Å². The van der Waals surface area contributed by atoms with Crippen LogP contribution in [0.3, 0.4) is 0 Å². The van der Waals surface area contributed by atoms with Crippen LogP contribution in [0.2, 0.25) is 0 Å². The fourth-order valence-electron chi connectivity index (χ4n) is 2.22. The first-order chi connectivity index (χ1) is 10.2. The van der Waals surface area contributed by atoms with Gasteiger partial charge >= 0.3 is 5.97 Å². The molecule has 1 amide bonds. The summed E-state index contributed by atoms with van der Waals surface area (Å²) in [5.74, 6) is -0.00166. The number of rotatable bonds is 4. The molecule has 1 fully saturated rings. The van der Waals surface area contributed by atoms with Crippen LogP contribution in [0.4, 0.5) is 0 Å². The Morgan fingerprint density at radius 2 is 1.95 bits per heavy atom. The third kappa shape index (κ3) is 3.72. The smallest absolute Gasteiger partial charge is 0.341 e. The van der Waals surface area contributed by atoms with E-state index in [1.54, 1.807) is 23.1 Å². The first kappa shape index (κ1) is 15.3. The molecule has 0 unspecified atom stereocenters. The highest BCUT2D eigenvalue weighted by atomic mass is 16.5. The fraction of sp³-hybridized carbons (Fsp3) is 0.467. The second kappa shape index (κ2) is 7.08. The number of hydrogen-bond donors (Lipinski definition) is 0. The van der Waals surface area contributed by atoms with E-state index in [2.05, 4.69) is 4.74 Å². The molecule has 0 aliphatic carbocycles. The maximum absolute atomic E-state index is 12.2. The van der Waals surface area contributed by atoms with Gasteiger partial charge in [-0.1, -0.05) is 6.07 Å². The molecule has 0 saturated carbocycles. The molecule has 1 aliphatic rings. The first-order valence-electron chi connectivity index (χ1n) is 6.76. The van der Waals surface area contributed by atoms with Crippen LogP contribution in [-0.4, -0.2) is 57.3 Å². The molecule has 6 heteroatoms. The third-order valence-corrected chi connectivity index (χ3v) is 3.39. The van der Waals surface area contributed by atoms with Gasteiger partial charge in [0, 0.05) is 13.1 Å². The van der Waals surface area contributed by atoms with Crippen LogP contribution in [0.25, 0.3) is 0 Å². The maximum atomic E-state index is 12.2. The number of carbonyl (C=O) groups is 2. The molecule has 21 heavy (non-hydrogen) atoms. The van der Waals surface area contributed by atoms with Gasteiger partial charge in [-0.2, -0.15) is 0 Å². The lowest BCUT2D eigenvalue weighted by atomic mass is 10.1. The number of ether oxygens (including phenoxy) is 3. The van der Waals surface area contributed by atoms with Crippen molar-refractivity contribution in [1.29, 1.82) is 0 Å². The summed E-state index contributed by atoms with van der Waals surface area (Å²) in [7, 11) is 2.80. The zero-order valence-electron chi connectivity index (χ0n) is 12.3. The molecule has 2 rings (SSSR count). The molecule has 1 heterocycles. The van der Waals surface area contributed by atoms with E-state index in [-0.39, 0.29) is 12.3 Å². The van der Waals surface area contributed by atoms with Crippen LogP contribution < -0.4 is 4.74 Å². The van der Waals surface area contributed by atoms with Crippen LogP contribution >= 0.6 is 0 Å².